The number of hydrogen-bond acceptors (Lipinski definition) is 3. The monoisotopic (exact) mass is 501 g/mol. The smallest absolute Gasteiger partial charge is 0.134 e. The van der Waals surface area contributed by atoms with Crippen LogP contribution in [0.1, 0.15) is 54.3 Å². The lowest BCUT2D eigenvalue weighted by Crippen LogP contribution is -2.26. The van der Waals surface area contributed by atoms with Gasteiger partial charge in [0, 0.05) is 40.3 Å². The molecule has 0 fully saturated rings. The highest BCUT2D eigenvalue weighted by atomic mass is 32.1. The molecule has 0 saturated carbocycles. The minimum Gasteiger partial charge on any atom is -0.342 e. The fourth-order valence-electron chi connectivity index (χ4n) is 5.69. The zero-order valence-electron chi connectivity index (χ0n) is 21.7. The molecule has 1 aliphatic carbocycles. The maximum absolute atomic E-state index is 9.98. The van der Waals surface area contributed by atoms with Gasteiger partial charge in [0.25, 0.3) is 0 Å². The van der Waals surface area contributed by atoms with Crippen molar-refractivity contribution in [2.45, 2.75) is 46.6 Å². The third-order valence-corrected chi connectivity index (χ3v) is 9.05. The Bertz CT molecular complexity index is 1690. The lowest BCUT2D eigenvalue weighted by Gasteiger charge is -2.33. The average Bonchev–Trinajstić information content (AvgIpc) is 3.43. The second-order valence-corrected chi connectivity index (χ2v) is 12.4. The van der Waals surface area contributed by atoms with Gasteiger partial charge in [-0.1, -0.05) is 75.4 Å². The quantitative estimate of drug-likeness (QED) is 0.227. The van der Waals surface area contributed by atoms with Gasteiger partial charge in [0.2, 0.25) is 0 Å². The highest BCUT2D eigenvalue weighted by molar-refractivity contribution is 7.16. The van der Waals surface area contributed by atoms with E-state index in [0.29, 0.717) is 5.92 Å². The van der Waals surface area contributed by atoms with Crippen LogP contribution in [0.15, 0.2) is 77.9 Å². The molecule has 4 heteroatoms. The maximum atomic E-state index is 9.98. The fraction of sp³-hybridized carbons (Fsp3) is 0.273. The van der Waals surface area contributed by atoms with E-state index < -0.39 is 0 Å². The summed E-state index contributed by atoms with van der Waals surface area (Å²) in [7, 11) is 0. The number of nitrogens with zero attached hydrogens (tertiary/aromatic N) is 3. The van der Waals surface area contributed by atoms with Gasteiger partial charge < -0.3 is 4.57 Å². The summed E-state index contributed by atoms with van der Waals surface area (Å²) in [5.74, 6) is 0.648. The second-order valence-electron chi connectivity index (χ2n) is 11.3. The molecule has 3 nitrogen and oxygen atoms in total. The summed E-state index contributed by atoms with van der Waals surface area (Å²) in [5.41, 5.74) is 5.84. The van der Waals surface area contributed by atoms with E-state index in [0.717, 1.165) is 41.9 Å². The van der Waals surface area contributed by atoms with E-state index in [1.54, 1.807) is 11.3 Å². The van der Waals surface area contributed by atoms with Crippen LogP contribution in [0.5, 0.6) is 0 Å². The maximum Gasteiger partial charge on any atom is 0.134 e. The fourth-order valence-corrected chi connectivity index (χ4v) is 6.91. The van der Waals surface area contributed by atoms with Crippen LogP contribution in [0.25, 0.3) is 21.7 Å². The largest absolute Gasteiger partial charge is 0.342 e. The Morgan fingerprint density at radius 2 is 1.84 bits per heavy atom. The summed E-state index contributed by atoms with van der Waals surface area (Å²) < 4.78 is 2.30. The Morgan fingerprint density at radius 1 is 1.05 bits per heavy atom. The molecule has 0 bridgehead atoms. The minimum absolute atomic E-state index is 0.283. The molecule has 0 radical (unpaired) electrons. The molecule has 3 aromatic carbocycles. The number of fused-ring (bicyclic) bond motifs is 3. The summed E-state index contributed by atoms with van der Waals surface area (Å²) >= 11 is 1.71. The lowest BCUT2D eigenvalue weighted by atomic mass is 9.72. The van der Waals surface area contributed by atoms with E-state index in [4.69, 9.17) is 4.99 Å². The number of nitriles is 1. The molecular formula is C33H31N3S. The molecule has 0 spiro atoms. The zero-order chi connectivity index (χ0) is 25.6. The molecule has 5 aromatic rings. The van der Waals surface area contributed by atoms with Crippen molar-refractivity contribution < 1.29 is 0 Å². The van der Waals surface area contributed by atoms with Crippen molar-refractivity contribution in [3.8, 4) is 6.07 Å². The van der Waals surface area contributed by atoms with Crippen LogP contribution in [0.2, 0.25) is 0 Å². The van der Waals surface area contributed by atoms with Gasteiger partial charge in [-0.25, -0.2) is 4.99 Å². The van der Waals surface area contributed by atoms with E-state index in [1.165, 1.54) is 37.7 Å². The van der Waals surface area contributed by atoms with E-state index >= 15 is 0 Å². The first-order valence-corrected chi connectivity index (χ1v) is 13.9. The summed E-state index contributed by atoms with van der Waals surface area (Å²) in [5, 5.41) is 14.5. The predicted molar refractivity (Wildman–Crippen MR) is 156 cm³/mol. The average molecular weight is 502 g/mol. The number of aliphatic imine (C=N–C) groups is 1. The van der Waals surface area contributed by atoms with Gasteiger partial charge in [0.05, 0.1) is 5.56 Å². The number of thiophene rings is 1. The molecule has 37 heavy (non-hydrogen) atoms. The molecule has 0 N–H and O–H groups in total. The first kappa shape index (κ1) is 23.7. The van der Waals surface area contributed by atoms with Crippen molar-refractivity contribution >= 4 is 44.2 Å². The Balaban J connectivity index is 1.33. The Kier molecular flexibility index (Phi) is 5.97. The minimum atomic E-state index is 0.283. The van der Waals surface area contributed by atoms with Crippen LogP contribution in [0.3, 0.4) is 0 Å². The standard InChI is InChI=1S/C33H31N3S/c1-33(2,3)26-14-15-28-29(18-34)32(37-31(28)17-26)35-19-25-21-36(30-11-7-6-10-27(25)30)20-22-12-13-23-8-4-5-9-24(23)16-22/h4-13,16,19,21,26H,14-15,17,20H2,1-3H3/t26-/m1/s1. The van der Waals surface area contributed by atoms with Gasteiger partial charge in [-0.15, -0.1) is 11.3 Å². The Hall–Kier alpha value is -3.68. The van der Waals surface area contributed by atoms with Gasteiger partial charge >= 0.3 is 0 Å². The van der Waals surface area contributed by atoms with Crippen molar-refractivity contribution in [3.05, 3.63) is 100 Å². The number of para-hydroxylation sites is 1. The summed E-state index contributed by atoms with van der Waals surface area (Å²) in [4.78, 5) is 6.26. The first-order valence-electron chi connectivity index (χ1n) is 13.0. The molecule has 6 rings (SSSR count). The number of hydrogen-bond donors (Lipinski definition) is 0. The summed E-state index contributed by atoms with van der Waals surface area (Å²) in [6, 6.07) is 26.2. The summed E-state index contributed by atoms with van der Waals surface area (Å²) in [6.07, 6.45) is 7.33. The molecule has 0 unspecified atom stereocenters. The lowest BCUT2D eigenvalue weighted by molar-refractivity contribution is 0.218. The third-order valence-electron chi connectivity index (χ3n) is 7.89. The highest BCUT2D eigenvalue weighted by Crippen LogP contribution is 2.45. The highest BCUT2D eigenvalue weighted by Gasteiger charge is 2.32. The van der Waals surface area contributed by atoms with E-state index in [9.17, 15) is 5.26 Å². The van der Waals surface area contributed by atoms with E-state index in [1.807, 2.05) is 6.21 Å². The van der Waals surface area contributed by atoms with Crippen molar-refractivity contribution in [1.29, 1.82) is 5.26 Å². The van der Waals surface area contributed by atoms with Crippen LogP contribution >= 0.6 is 11.3 Å². The number of aromatic nitrogens is 1. The Labute approximate surface area is 222 Å². The molecule has 0 aliphatic heterocycles. The predicted octanol–water partition coefficient (Wildman–Crippen LogP) is 8.68. The van der Waals surface area contributed by atoms with Crippen LogP contribution in [0, 0.1) is 22.7 Å². The van der Waals surface area contributed by atoms with Crippen LogP contribution < -0.4 is 0 Å². The van der Waals surface area contributed by atoms with E-state index in [-0.39, 0.29) is 5.41 Å². The molecule has 2 aromatic heterocycles. The molecule has 0 saturated heterocycles. The van der Waals surface area contributed by atoms with Crippen molar-refractivity contribution in [2.75, 3.05) is 0 Å². The molecule has 1 atom stereocenters. The van der Waals surface area contributed by atoms with Crippen molar-refractivity contribution in [2.24, 2.45) is 16.3 Å². The molecule has 1 aliphatic rings. The first-order chi connectivity index (χ1) is 17.9. The SMILES string of the molecule is CC(C)(C)[C@@H]1CCc2c(sc(N=Cc3cn(Cc4ccc5ccccc5c4)c4ccccc34)c2C#N)C1. The van der Waals surface area contributed by atoms with Gasteiger partial charge in [0.1, 0.15) is 11.1 Å². The van der Waals surface area contributed by atoms with Crippen molar-refractivity contribution in [3.63, 3.8) is 0 Å². The van der Waals surface area contributed by atoms with Gasteiger partial charge in [-0.05, 0) is 64.6 Å². The van der Waals surface area contributed by atoms with Gasteiger partial charge in [0.15, 0.2) is 0 Å². The Morgan fingerprint density at radius 3 is 2.65 bits per heavy atom. The van der Waals surface area contributed by atoms with Crippen LogP contribution in [-0.2, 0) is 19.4 Å². The number of rotatable bonds is 4. The number of benzene rings is 3. The van der Waals surface area contributed by atoms with Gasteiger partial charge in [-0.3, -0.25) is 0 Å². The van der Waals surface area contributed by atoms with Crippen LogP contribution in [-0.4, -0.2) is 10.8 Å². The molecule has 0 amide bonds. The van der Waals surface area contributed by atoms with Gasteiger partial charge in [-0.2, -0.15) is 5.26 Å². The topological polar surface area (TPSA) is 41.1 Å². The molecule has 184 valence electrons. The summed E-state index contributed by atoms with van der Waals surface area (Å²) in [6.45, 7) is 7.78. The third kappa shape index (κ3) is 4.49. The molecule has 2 heterocycles. The van der Waals surface area contributed by atoms with Crippen LogP contribution in [0.4, 0.5) is 5.00 Å². The van der Waals surface area contributed by atoms with E-state index in [2.05, 4.69) is 104 Å². The normalized spacial score (nSPS) is 15.9. The van der Waals surface area contributed by atoms with Crippen molar-refractivity contribution in [1.82, 2.24) is 4.57 Å². The molecular weight excluding hydrogens is 470 g/mol. The zero-order valence-corrected chi connectivity index (χ0v) is 22.5. The second kappa shape index (κ2) is 9.32.